The molecule has 3 rings (SSSR count). The van der Waals surface area contributed by atoms with Gasteiger partial charge in [-0.25, -0.2) is 0 Å². The lowest BCUT2D eigenvalue weighted by molar-refractivity contribution is 0.0368. The van der Waals surface area contributed by atoms with Gasteiger partial charge in [-0.05, 0) is 69.3 Å². The van der Waals surface area contributed by atoms with Crippen LogP contribution in [-0.4, -0.2) is 75.1 Å². The number of rotatable bonds is 12. The Hall–Kier alpha value is -1.10. The van der Waals surface area contributed by atoms with Crippen LogP contribution in [0.2, 0.25) is 0 Å². The predicted molar refractivity (Wildman–Crippen MR) is 140 cm³/mol. The molecule has 1 aliphatic carbocycles. The molecule has 0 spiro atoms. The number of hydrogen-bond acceptors (Lipinski definition) is 5. The van der Waals surface area contributed by atoms with Crippen molar-refractivity contribution in [2.24, 2.45) is 10.9 Å². The number of guanidine groups is 1. The van der Waals surface area contributed by atoms with Gasteiger partial charge in [-0.15, -0.1) is 24.0 Å². The molecular weight excluding hydrogens is 519 g/mol. The topological polar surface area (TPSA) is 78.4 Å². The number of benzene rings is 1. The fraction of sp³-hybridized carbons (Fsp3) is 0.708. The Morgan fingerprint density at radius 2 is 1.88 bits per heavy atom. The van der Waals surface area contributed by atoms with Gasteiger partial charge in [0.05, 0.1) is 32.4 Å². The third-order valence-corrected chi connectivity index (χ3v) is 5.96. The number of methoxy groups -OCH3 is 1. The first kappa shape index (κ1) is 27.1. The van der Waals surface area contributed by atoms with Crippen LogP contribution in [0.5, 0.6) is 5.75 Å². The second-order valence-electron chi connectivity index (χ2n) is 8.62. The van der Waals surface area contributed by atoms with Crippen molar-refractivity contribution in [1.29, 1.82) is 0 Å². The highest BCUT2D eigenvalue weighted by Gasteiger charge is 2.23. The number of nitrogens with zero attached hydrogens (tertiary/aromatic N) is 2. The Morgan fingerprint density at radius 1 is 1.16 bits per heavy atom. The second kappa shape index (κ2) is 14.9. The summed E-state index contributed by atoms with van der Waals surface area (Å²) in [7, 11) is 1.70. The van der Waals surface area contributed by atoms with Crippen molar-refractivity contribution in [3.63, 3.8) is 0 Å². The molecule has 0 radical (unpaired) electrons. The van der Waals surface area contributed by atoms with Crippen molar-refractivity contribution in [3.05, 3.63) is 29.8 Å². The Labute approximate surface area is 210 Å². The molecule has 0 bridgehead atoms. The fourth-order valence-corrected chi connectivity index (χ4v) is 3.95. The van der Waals surface area contributed by atoms with Crippen LogP contribution in [0.15, 0.2) is 29.3 Å². The van der Waals surface area contributed by atoms with E-state index < -0.39 is 6.10 Å². The van der Waals surface area contributed by atoms with Crippen molar-refractivity contribution in [2.75, 3.05) is 53.0 Å². The average molecular weight is 561 g/mol. The number of aliphatic hydroxyl groups excluding tert-OH is 1. The molecule has 2 aliphatic rings. The third-order valence-electron chi connectivity index (χ3n) is 5.96. The van der Waals surface area contributed by atoms with Gasteiger partial charge >= 0.3 is 0 Å². The van der Waals surface area contributed by atoms with Crippen LogP contribution in [0, 0.1) is 5.92 Å². The van der Waals surface area contributed by atoms with E-state index in [0.29, 0.717) is 19.1 Å². The van der Waals surface area contributed by atoms with E-state index in [2.05, 4.69) is 39.6 Å². The first-order chi connectivity index (χ1) is 15.2. The number of nitrogens with one attached hydrogen (secondary N) is 2. The van der Waals surface area contributed by atoms with Gasteiger partial charge in [-0.2, -0.15) is 0 Å². The van der Waals surface area contributed by atoms with E-state index in [1.807, 2.05) is 12.1 Å². The zero-order chi connectivity index (χ0) is 21.9. The quantitative estimate of drug-likeness (QED) is 0.207. The molecule has 3 N–H and O–H groups in total. The maximum Gasteiger partial charge on any atom is 0.191 e. The van der Waals surface area contributed by atoms with Gasteiger partial charge < -0.3 is 25.2 Å². The average Bonchev–Trinajstić information content (AvgIpc) is 3.63. The lowest BCUT2D eigenvalue weighted by atomic mass is 10.0. The van der Waals surface area contributed by atoms with Gasteiger partial charge in [0.25, 0.3) is 0 Å². The van der Waals surface area contributed by atoms with E-state index in [4.69, 9.17) is 9.47 Å². The van der Waals surface area contributed by atoms with E-state index in [9.17, 15) is 5.11 Å². The van der Waals surface area contributed by atoms with Crippen molar-refractivity contribution in [1.82, 2.24) is 15.5 Å². The summed E-state index contributed by atoms with van der Waals surface area (Å²) in [5, 5.41) is 17.0. The Bertz CT molecular complexity index is 664. The number of likely N-dealkylation sites (tertiary alicyclic amines) is 1. The number of ether oxygens (including phenoxy) is 2. The van der Waals surface area contributed by atoms with Gasteiger partial charge in [0.15, 0.2) is 5.96 Å². The minimum absolute atomic E-state index is 0. The highest BCUT2D eigenvalue weighted by Crippen LogP contribution is 2.28. The summed E-state index contributed by atoms with van der Waals surface area (Å²) in [5.41, 5.74) is 1.28. The maximum absolute atomic E-state index is 10.2. The molecule has 182 valence electrons. The van der Waals surface area contributed by atoms with Crippen LogP contribution in [-0.2, 0) is 4.74 Å². The van der Waals surface area contributed by atoms with Crippen LogP contribution in [0.25, 0.3) is 0 Å². The summed E-state index contributed by atoms with van der Waals surface area (Å²) in [6.07, 6.45) is 5.74. The Morgan fingerprint density at radius 3 is 2.50 bits per heavy atom. The SMILES string of the molecule is CCNC(=NCC(O)COCC1CC1)NCC(c1ccc(OC)cc1)N1CCCCC1.I. The van der Waals surface area contributed by atoms with Crippen LogP contribution in [0.3, 0.4) is 0 Å². The molecule has 2 fully saturated rings. The molecule has 1 saturated carbocycles. The Kier molecular flexibility index (Phi) is 12.7. The summed E-state index contributed by atoms with van der Waals surface area (Å²) in [6, 6.07) is 8.64. The van der Waals surface area contributed by atoms with E-state index in [-0.39, 0.29) is 30.0 Å². The van der Waals surface area contributed by atoms with Gasteiger partial charge in [0.1, 0.15) is 5.75 Å². The predicted octanol–water partition coefficient (Wildman–Crippen LogP) is 3.18. The first-order valence-electron chi connectivity index (χ1n) is 11.9. The summed E-state index contributed by atoms with van der Waals surface area (Å²) in [5.74, 6) is 2.32. The largest absolute Gasteiger partial charge is 0.497 e. The molecule has 0 aromatic heterocycles. The minimum Gasteiger partial charge on any atom is -0.497 e. The molecule has 7 nitrogen and oxygen atoms in total. The van der Waals surface area contributed by atoms with Gasteiger partial charge in [-0.3, -0.25) is 9.89 Å². The van der Waals surface area contributed by atoms with Crippen molar-refractivity contribution in [3.8, 4) is 5.75 Å². The highest BCUT2D eigenvalue weighted by molar-refractivity contribution is 14.0. The highest BCUT2D eigenvalue weighted by atomic mass is 127. The van der Waals surface area contributed by atoms with Crippen molar-refractivity contribution >= 4 is 29.9 Å². The lowest BCUT2D eigenvalue weighted by Gasteiger charge is -2.35. The molecule has 1 aliphatic heterocycles. The number of aliphatic hydroxyl groups is 1. The molecular formula is C24H41IN4O3. The summed E-state index contributed by atoms with van der Waals surface area (Å²) < 4.78 is 10.9. The monoisotopic (exact) mass is 560 g/mol. The third kappa shape index (κ3) is 9.41. The number of halogens is 1. The van der Waals surface area contributed by atoms with E-state index in [1.54, 1.807) is 7.11 Å². The molecule has 32 heavy (non-hydrogen) atoms. The van der Waals surface area contributed by atoms with E-state index in [0.717, 1.165) is 44.5 Å². The van der Waals surface area contributed by atoms with E-state index >= 15 is 0 Å². The maximum atomic E-state index is 10.2. The zero-order valence-corrected chi connectivity index (χ0v) is 21.9. The smallest absolute Gasteiger partial charge is 0.191 e. The van der Waals surface area contributed by atoms with Gasteiger partial charge in [0, 0.05) is 19.7 Å². The van der Waals surface area contributed by atoms with Crippen LogP contribution in [0.1, 0.15) is 50.6 Å². The summed E-state index contributed by atoms with van der Waals surface area (Å²) in [6.45, 7) is 7.25. The van der Waals surface area contributed by atoms with Crippen molar-refractivity contribution in [2.45, 2.75) is 51.2 Å². The Balaban J connectivity index is 0.00000363. The number of aliphatic imine (C=N–C) groups is 1. The summed E-state index contributed by atoms with van der Waals surface area (Å²) in [4.78, 5) is 7.15. The fourth-order valence-electron chi connectivity index (χ4n) is 3.95. The molecule has 8 heteroatoms. The standard InChI is InChI=1S/C24H40N4O3.HI/c1-3-25-24(26-15-21(29)18-31-17-19-7-8-19)27-16-23(28-13-5-4-6-14-28)20-9-11-22(30-2)12-10-20;/h9-12,19,21,23,29H,3-8,13-18H2,1-2H3,(H2,25,26,27);1H. The molecule has 1 saturated heterocycles. The molecule has 1 aromatic carbocycles. The molecule has 0 amide bonds. The lowest BCUT2D eigenvalue weighted by Crippen LogP contribution is -2.44. The number of hydrogen-bond donors (Lipinski definition) is 3. The second-order valence-corrected chi connectivity index (χ2v) is 8.62. The zero-order valence-electron chi connectivity index (χ0n) is 19.6. The minimum atomic E-state index is -0.575. The van der Waals surface area contributed by atoms with Crippen LogP contribution in [0.4, 0.5) is 0 Å². The normalized spacial score (nSPS) is 19.0. The first-order valence-corrected chi connectivity index (χ1v) is 11.9. The van der Waals surface area contributed by atoms with Gasteiger partial charge in [-0.1, -0.05) is 18.6 Å². The van der Waals surface area contributed by atoms with Crippen molar-refractivity contribution < 1.29 is 14.6 Å². The molecule has 2 unspecified atom stereocenters. The van der Waals surface area contributed by atoms with Gasteiger partial charge in [0.2, 0.25) is 0 Å². The molecule has 1 aromatic rings. The number of piperidine rings is 1. The molecule has 1 heterocycles. The van der Waals surface area contributed by atoms with Crippen LogP contribution < -0.4 is 15.4 Å². The van der Waals surface area contributed by atoms with E-state index in [1.165, 1.54) is 37.7 Å². The molecule has 2 atom stereocenters. The summed E-state index contributed by atoms with van der Waals surface area (Å²) >= 11 is 0. The van der Waals surface area contributed by atoms with Crippen LogP contribution >= 0.6 is 24.0 Å².